The standard InChI is InChI=1S/C14H13ClN2O3/c1-9(16)10-2-4-11(5-3-10)20-12-6-7-14(17(18)19)13(15)8-12/h2-9H,16H2,1H3/t9-/m0/s1. The van der Waals surface area contributed by atoms with Gasteiger partial charge in [-0.05, 0) is 30.7 Å². The lowest BCUT2D eigenvalue weighted by Crippen LogP contribution is -2.04. The Kier molecular flexibility index (Phi) is 4.22. The van der Waals surface area contributed by atoms with Gasteiger partial charge in [-0.25, -0.2) is 0 Å². The van der Waals surface area contributed by atoms with E-state index in [0.29, 0.717) is 11.5 Å². The van der Waals surface area contributed by atoms with Crippen molar-refractivity contribution in [2.24, 2.45) is 5.73 Å². The maximum absolute atomic E-state index is 10.7. The maximum atomic E-state index is 10.7. The van der Waals surface area contributed by atoms with Gasteiger partial charge in [0, 0.05) is 18.2 Å². The Morgan fingerprint density at radius 3 is 2.30 bits per heavy atom. The minimum atomic E-state index is -0.538. The number of hydrogen-bond acceptors (Lipinski definition) is 4. The Bertz CT molecular complexity index is 627. The van der Waals surface area contributed by atoms with Crippen LogP contribution in [0.4, 0.5) is 5.69 Å². The molecule has 0 saturated carbocycles. The van der Waals surface area contributed by atoms with E-state index in [9.17, 15) is 10.1 Å². The predicted molar refractivity (Wildman–Crippen MR) is 77.2 cm³/mol. The van der Waals surface area contributed by atoms with Gasteiger partial charge in [-0.2, -0.15) is 0 Å². The van der Waals surface area contributed by atoms with E-state index in [1.165, 1.54) is 18.2 Å². The van der Waals surface area contributed by atoms with E-state index in [-0.39, 0.29) is 16.8 Å². The van der Waals surface area contributed by atoms with Gasteiger partial charge in [-0.15, -0.1) is 0 Å². The maximum Gasteiger partial charge on any atom is 0.288 e. The molecule has 0 spiro atoms. The molecule has 0 fully saturated rings. The number of benzene rings is 2. The summed E-state index contributed by atoms with van der Waals surface area (Å²) in [6.07, 6.45) is 0. The Morgan fingerprint density at radius 2 is 1.80 bits per heavy atom. The second-order valence-electron chi connectivity index (χ2n) is 4.33. The molecule has 0 amide bonds. The molecule has 0 radical (unpaired) electrons. The summed E-state index contributed by atoms with van der Waals surface area (Å²) in [4.78, 5) is 10.1. The molecule has 104 valence electrons. The first-order valence-electron chi connectivity index (χ1n) is 5.94. The first-order valence-corrected chi connectivity index (χ1v) is 6.32. The van der Waals surface area contributed by atoms with Gasteiger partial charge < -0.3 is 10.5 Å². The van der Waals surface area contributed by atoms with Crippen molar-refractivity contribution < 1.29 is 9.66 Å². The van der Waals surface area contributed by atoms with Crippen LogP contribution in [0.15, 0.2) is 42.5 Å². The van der Waals surface area contributed by atoms with Crippen LogP contribution in [0, 0.1) is 10.1 Å². The normalized spacial score (nSPS) is 11.9. The molecule has 1 atom stereocenters. The zero-order valence-corrected chi connectivity index (χ0v) is 11.5. The van der Waals surface area contributed by atoms with E-state index in [2.05, 4.69) is 0 Å². The number of nitrogens with two attached hydrogens (primary N) is 1. The van der Waals surface area contributed by atoms with Crippen LogP contribution in [0.25, 0.3) is 0 Å². The Labute approximate surface area is 121 Å². The fraction of sp³-hybridized carbons (Fsp3) is 0.143. The lowest BCUT2D eigenvalue weighted by molar-refractivity contribution is -0.384. The lowest BCUT2D eigenvalue weighted by Gasteiger charge is -2.09. The summed E-state index contributed by atoms with van der Waals surface area (Å²) in [7, 11) is 0. The molecule has 2 rings (SSSR count). The Balaban J connectivity index is 2.17. The number of ether oxygens (including phenoxy) is 1. The Morgan fingerprint density at radius 1 is 1.20 bits per heavy atom. The number of hydrogen-bond donors (Lipinski definition) is 1. The van der Waals surface area contributed by atoms with Gasteiger partial charge in [-0.1, -0.05) is 23.7 Å². The fourth-order valence-electron chi connectivity index (χ4n) is 1.67. The van der Waals surface area contributed by atoms with Crippen LogP contribution in [0.1, 0.15) is 18.5 Å². The van der Waals surface area contributed by atoms with Gasteiger partial charge in [-0.3, -0.25) is 10.1 Å². The van der Waals surface area contributed by atoms with Crippen LogP contribution in [0.2, 0.25) is 5.02 Å². The monoisotopic (exact) mass is 292 g/mol. The molecule has 2 aromatic carbocycles. The summed E-state index contributed by atoms with van der Waals surface area (Å²) in [6.45, 7) is 1.89. The highest BCUT2D eigenvalue weighted by Gasteiger charge is 2.12. The first kappa shape index (κ1) is 14.3. The van der Waals surface area contributed by atoms with Crippen LogP contribution in [0.5, 0.6) is 11.5 Å². The molecule has 0 aliphatic carbocycles. The molecular weight excluding hydrogens is 280 g/mol. The topological polar surface area (TPSA) is 78.4 Å². The van der Waals surface area contributed by atoms with Crippen LogP contribution in [0.3, 0.4) is 0 Å². The highest BCUT2D eigenvalue weighted by Crippen LogP contribution is 2.31. The third-order valence-corrected chi connectivity index (χ3v) is 3.06. The van der Waals surface area contributed by atoms with E-state index in [4.69, 9.17) is 22.1 Å². The quantitative estimate of drug-likeness (QED) is 0.681. The van der Waals surface area contributed by atoms with Gasteiger partial charge in [0.2, 0.25) is 0 Å². The summed E-state index contributed by atoms with van der Waals surface area (Å²) < 4.78 is 5.58. The van der Waals surface area contributed by atoms with Crippen LogP contribution in [-0.4, -0.2) is 4.92 Å². The largest absolute Gasteiger partial charge is 0.457 e. The van der Waals surface area contributed by atoms with Crippen molar-refractivity contribution in [3.63, 3.8) is 0 Å². The SMILES string of the molecule is C[C@H](N)c1ccc(Oc2ccc([N+](=O)[O-])c(Cl)c2)cc1. The van der Waals surface area contributed by atoms with Crippen molar-refractivity contribution in [2.45, 2.75) is 13.0 Å². The minimum absolute atomic E-state index is 0.0414. The predicted octanol–water partition coefficient (Wildman–Crippen LogP) is 4.06. The molecule has 0 saturated heterocycles. The van der Waals surface area contributed by atoms with Crippen LogP contribution < -0.4 is 10.5 Å². The third-order valence-electron chi connectivity index (χ3n) is 2.76. The van der Waals surface area contributed by atoms with Gasteiger partial charge >= 0.3 is 0 Å². The molecule has 6 heteroatoms. The summed E-state index contributed by atoms with van der Waals surface area (Å²) in [6, 6.07) is 11.5. The van der Waals surface area contributed by atoms with Crippen molar-refractivity contribution in [1.82, 2.24) is 0 Å². The molecule has 20 heavy (non-hydrogen) atoms. The summed E-state index contributed by atoms with van der Waals surface area (Å²) in [5.74, 6) is 1.05. The van der Waals surface area contributed by atoms with Gasteiger partial charge in [0.15, 0.2) is 0 Å². The number of halogens is 1. The molecule has 0 unspecified atom stereocenters. The summed E-state index contributed by atoms with van der Waals surface area (Å²) >= 11 is 5.82. The van der Waals surface area contributed by atoms with E-state index < -0.39 is 4.92 Å². The van der Waals surface area contributed by atoms with Crippen molar-refractivity contribution in [3.8, 4) is 11.5 Å². The average Bonchev–Trinajstić information content (AvgIpc) is 2.39. The van der Waals surface area contributed by atoms with E-state index in [1.807, 2.05) is 19.1 Å². The third kappa shape index (κ3) is 3.26. The smallest absolute Gasteiger partial charge is 0.288 e. The second-order valence-corrected chi connectivity index (χ2v) is 4.74. The van der Waals surface area contributed by atoms with E-state index in [1.54, 1.807) is 12.1 Å². The van der Waals surface area contributed by atoms with Crippen LogP contribution >= 0.6 is 11.6 Å². The number of nitro groups is 1. The first-order chi connectivity index (χ1) is 9.47. The second kappa shape index (κ2) is 5.90. The van der Waals surface area contributed by atoms with Crippen molar-refractivity contribution >= 4 is 17.3 Å². The molecule has 0 aromatic heterocycles. The molecule has 0 bridgehead atoms. The van der Waals surface area contributed by atoms with E-state index in [0.717, 1.165) is 5.56 Å². The Hall–Kier alpha value is -2.11. The van der Waals surface area contributed by atoms with Crippen molar-refractivity contribution in [3.05, 3.63) is 63.2 Å². The summed E-state index contributed by atoms with van der Waals surface area (Å²) in [5.41, 5.74) is 6.61. The zero-order chi connectivity index (χ0) is 14.7. The molecule has 0 heterocycles. The number of nitrogens with zero attached hydrogens (tertiary/aromatic N) is 1. The van der Waals surface area contributed by atoms with Gasteiger partial charge in [0.25, 0.3) is 5.69 Å². The zero-order valence-electron chi connectivity index (χ0n) is 10.7. The summed E-state index contributed by atoms with van der Waals surface area (Å²) in [5, 5.41) is 10.7. The minimum Gasteiger partial charge on any atom is -0.457 e. The number of nitro benzene ring substituents is 1. The molecule has 5 nitrogen and oxygen atoms in total. The van der Waals surface area contributed by atoms with E-state index >= 15 is 0 Å². The number of rotatable bonds is 4. The molecule has 2 N–H and O–H groups in total. The fourth-order valence-corrected chi connectivity index (χ4v) is 1.91. The highest BCUT2D eigenvalue weighted by atomic mass is 35.5. The van der Waals surface area contributed by atoms with Crippen molar-refractivity contribution in [1.29, 1.82) is 0 Å². The molecular formula is C14H13ClN2O3. The lowest BCUT2D eigenvalue weighted by atomic mass is 10.1. The van der Waals surface area contributed by atoms with Crippen molar-refractivity contribution in [2.75, 3.05) is 0 Å². The van der Waals surface area contributed by atoms with Crippen LogP contribution in [-0.2, 0) is 0 Å². The highest BCUT2D eigenvalue weighted by molar-refractivity contribution is 6.32. The molecule has 0 aliphatic heterocycles. The molecule has 2 aromatic rings. The van der Waals surface area contributed by atoms with Gasteiger partial charge in [0.1, 0.15) is 16.5 Å². The average molecular weight is 293 g/mol. The molecule has 0 aliphatic rings. The van der Waals surface area contributed by atoms with Gasteiger partial charge in [0.05, 0.1) is 4.92 Å².